The van der Waals surface area contributed by atoms with Gasteiger partial charge in [-0.05, 0) is 176 Å². The van der Waals surface area contributed by atoms with Crippen molar-refractivity contribution in [2.24, 2.45) is 5.92 Å². The van der Waals surface area contributed by atoms with Crippen molar-refractivity contribution in [1.29, 1.82) is 0 Å². The van der Waals surface area contributed by atoms with E-state index in [2.05, 4.69) is 0 Å². The van der Waals surface area contributed by atoms with Gasteiger partial charge < -0.3 is 57.6 Å². The number of hydrogen-bond acceptors (Lipinski definition) is 22. The summed E-state index contributed by atoms with van der Waals surface area (Å²) in [5, 5.41) is 21.0. The largest absolute Gasteiger partial charge is 0.497 e. The van der Waals surface area contributed by atoms with Crippen molar-refractivity contribution >= 4 is 98.0 Å². The molecule has 18 rings (SSSR count). The minimum absolute atomic E-state index is 0.0622. The van der Waals surface area contributed by atoms with Crippen LogP contribution in [0.1, 0.15) is 197 Å². The van der Waals surface area contributed by atoms with Crippen LogP contribution in [0.3, 0.4) is 0 Å². The third kappa shape index (κ3) is 22.8. The molecule has 0 saturated carbocycles. The summed E-state index contributed by atoms with van der Waals surface area (Å²) in [5.74, 6) is 2.88. The quantitative estimate of drug-likeness (QED) is 0.0887. The Morgan fingerprint density at radius 3 is 1.63 bits per heavy atom. The number of carbonyl (C=O) groups excluding carboxylic acids is 10. The Bertz CT molecular complexity index is 5630. The van der Waals surface area contributed by atoms with Gasteiger partial charge in [-0.25, -0.2) is 0 Å². The molecule has 0 amide bonds. The summed E-state index contributed by atoms with van der Waals surface area (Å²) in [6, 6.07) is 59.0. The number of halogens is 2. The molecule has 8 aliphatic heterocycles. The molecule has 0 aliphatic carbocycles. The second kappa shape index (κ2) is 39.1. The van der Waals surface area contributed by atoms with Crippen LogP contribution in [0.15, 0.2) is 200 Å². The number of aryl methyl sites for hydroxylation is 3. The molecule has 0 radical (unpaired) electrons. The molecule has 25 heteroatoms. The lowest BCUT2D eigenvalue weighted by Crippen LogP contribution is -2.36. The first-order valence-electron chi connectivity index (χ1n) is 39.3. The van der Waals surface area contributed by atoms with Crippen LogP contribution in [0.5, 0.6) is 51.7 Å². The predicted molar refractivity (Wildman–Crippen MR) is 456 cm³/mol. The average Bonchev–Trinajstić information content (AvgIpc) is 0.786. The van der Waals surface area contributed by atoms with Gasteiger partial charge in [0.05, 0.1) is 83.9 Å². The van der Waals surface area contributed by atoms with Crippen LogP contribution in [-0.2, 0) is 14.3 Å². The zero-order valence-electron chi connectivity index (χ0n) is 69.2. The molecule has 0 fully saturated rings. The Balaban J connectivity index is 0.000000137. The van der Waals surface area contributed by atoms with Crippen molar-refractivity contribution in [1.82, 2.24) is 0 Å². The molecule has 10 aromatic rings. The summed E-state index contributed by atoms with van der Waals surface area (Å²) < 4.78 is 54.2. The van der Waals surface area contributed by atoms with Gasteiger partial charge in [0.2, 0.25) is 5.78 Å². The summed E-state index contributed by atoms with van der Waals surface area (Å²) in [6.45, 7) is 19.5. The molecule has 122 heavy (non-hydrogen) atoms. The van der Waals surface area contributed by atoms with E-state index in [4.69, 9.17) is 80.8 Å². The van der Waals surface area contributed by atoms with Crippen LogP contribution in [0, 0.1) is 26.7 Å². The van der Waals surface area contributed by atoms with Crippen LogP contribution in [-0.4, -0.2) is 143 Å². The minimum Gasteiger partial charge on any atom is -0.497 e. The van der Waals surface area contributed by atoms with Gasteiger partial charge in [0, 0.05) is 46.8 Å². The second-order valence-corrected chi connectivity index (χ2v) is 32.4. The van der Waals surface area contributed by atoms with Crippen molar-refractivity contribution in [3.8, 4) is 51.7 Å². The minimum atomic E-state index is -1.00. The molecule has 8 heterocycles. The fraction of sp³-hybridized carbons (Fsp3) is 0.289. The van der Waals surface area contributed by atoms with Crippen LogP contribution in [0.25, 0.3) is 10.8 Å². The van der Waals surface area contributed by atoms with Crippen molar-refractivity contribution in [3.05, 3.63) is 277 Å². The van der Waals surface area contributed by atoms with E-state index in [1.54, 1.807) is 128 Å². The molecule has 8 aliphatic rings. The van der Waals surface area contributed by atoms with Crippen LogP contribution in [0.4, 0.5) is 0 Å². The van der Waals surface area contributed by atoms with Gasteiger partial charge in [-0.15, -0.1) is 0 Å². The number of benzene rings is 10. The summed E-state index contributed by atoms with van der Waals surface area (Å²) in [4.78, 5) is 128. The van der Waals surface area contributed by atoms with E-state index < -0.39 is 41.8 Å². The van der Waals surface area contributed by atoms with Gasteiger partial charge in [-0.1, -0.05) is 126 Å². The fourth-order valence-electron chi connectivity index (χ4n) is 14.3. The van der Waals surface area contributed by atoms with Gasteiger partial charge in [0.15, 0.2) is 58.5 Å². The maximum atomic E-state index is 12.5. The Labute approximate surface area is 715 Å². The van der Waals surface area contributed by atoms with Crippen molar-refractivity contribution < 1.29 is 110 Å². The maximum absolute atomic E-state index is 12.5. The number of carboxylic acids is 1. The molecule has 0 saturated heterocycles. The number of aliphatic hydroxyl groups excluding tert-OH is 1. The number of aliphatic carboxylic acids is 1. The zero-order chi connectivity index (χ0) is 88.1. The smallest absolute Gasteiger partial charge is 0.307 e. The number of aliphatic hydroxyl groups is 1. The van der Waals surface area contributed by atoms with Crippen molar-refractivity contribution in [2.75, 3.05) is 33.5 Å². The van der Waals surface area contributed by atoms with E-state index >= 15 is 0 Å². The molecule has 632 valence electrons. The Morgan fingerprint density at radius 1 is 0.467 bits per heavy atom. The lowest BCUT2D eigenvalue weighted by Gasteiger charge is -2.32. The van der Waals surface area contributed by atoms with Gasteiger partial charge in [0.25, 0.3) is 0 Å². The van der Waals surface area contributed by atoms with Gasteiger partial charge in [-0.2, -0.15) is 0 Å². The summed E-state index contributed by atoms with van der Waals surface area (Å²) in [5.41, 5.74) is 7.23. The topological polar surface area (TPSA) is 321 Å². The Morgan fingerprint density at radius 2 is 1.00 bits per heavy atom. The summed E-state index contributed by atoms with van der Waals surface area (Å²) in [6.07, 6.45) is -0.664. The van der Waals surface area contributed by atoms with Gasteiger partial charge in [0.1, 0.15) is 100 Å². The molecule has 0 spiro atoms. The molecule has 23 nitrogen and oxygen atoms in total. The highest BCUT2D eigenvalue weighted by atomic mass is 35.5. The Kier molecular flexibility index (Phi) is 28.9. The third-order valence-electron chi connectivity index (χ3n) is 20.0. The van der Waals surface area contributed by atoms with Crippen LogP contribution >= 0.6 is 23.2 Å². The first kappa shape index (κ1) is 89.9. The first-order valence-corrected chi connectivity index (χ1v) is 40.1. The molecule has 10 aromatic carbocycles. The van der Waals surface area contributed by atoms with Crippen molar-refractivity contribution in [2.45, 2.75) is 143 Å². The number of carboxylic acid groups (broad SMARTS) is 1. The third-order valence-corrected chi connectivity index (χ3v) is 20.4. The number of Topliss-reactive ketones (excluding diaryl/α,β-unsaturated/α-hetero) is 9. The monoisotopic (exact) mass is 1690 g/mol. The lowest BCUT2D eigenvalue weighted by atomic mass is 9.88. The number of methoxy groups -OCH3 is 1. The molecule has 2 N–H and O–H groups in total. The van der Waals surface area contributed by atoms with E-state index in [0.29, 0.717) is 110 Å². The van der Waals surface area contributed by atoms with Crippen molar-refractivity contribution in [3.63, 3.8) is 0 Å². The number of ketones is 9. The molecule has 4 unspecified atom stereocenters. The number of rotatable bonds is 6. The number of carbonyl (C=O) groups is 11. The summed E-state index contributed by atoms with van der Waals surface area (Å²) in [7, 11) is 1.55. The number of fused-ring (bicyclic) bond motifs is 10. The van der Waals surface area contributed by atoms with E-state index in [1.165, 1.54) is 13.0 Å². The molecule has 0 bridgehead atoms. The van der Waals surface area contributed by atoms with Crippen LogP contribution in [0.2, 0.25) is 10.0 Å². The molecular weight excluding hydrogens is 1600 g/mol. The van der Waals surface area contributed by atoms with E-state index in [9.17, 15) is 52.7 Å². The number of esters is 1. The molecular formula is C97H92Cl2O23. The normalized spacial score (nSPS) is 18.1. The first-order chi connectivity index (χ1) is 57.9. The zero-order valence-corrected chi connectivity index (χ0v) is 70.7. The number of ether oxygens (including phenoxy) is 10. The molecule has 0 aromatic heterocycles. The molecule has 4 atom stereocenters. The fourth-order valence-corrected chi connectivity index (χ4v) is 14.7. The van der Waals surface area contributed by atoms with Gasteiger partial charge in [-0.3, -0.25) is 52.7 Å². The highest BCUT2D eigenvalue weighted by Gasteiger charge is 2.39. The summed E-state index contributed by atoms with van der Waals surface area (Å²) >= 11 is 11.6. The number of hydrogen-bond donors (Lipinski definition) is 2. The highest BCUT2D eigenvalue weighted by Crippen LogP contribution is 2.40. The SMILES string of the molecule is CC(=O)OC1COc2ccccc2C1=O.CC1(C)CC(=O)c2cc(Cl)ccc2O1.COc1ccc2c(c1)OCC(C(=O)c1ccccc1)C2=O.Cc1cc(C)c2c(c1)OC(C)(C)CC2=O.Cc1ccc2c(c1)C(=O)CC(C)(C)O2.O=C(O)CC1CC(=O)c2cc(Cl)ccc2O1.O=C1CCOc2c1ccc1ccccc21.O=C1c2ccccc2OCC1O. The highest BCUT2D eigenvalue weighted by molar-refractivity contribution is 6.31. The maximum Gasteiger partial charge on any atom is 0.307 e. The van der Waals surface area contributed by atoms with Gasteiger partial charge >= 0.3 is 11.9 Å². The predicted octanol–water partition coefficient (Wildman–Crippen LogP) is 18.4. The number of para-hydroxylation sites is 2. The standard InChI is InChI=1S/C17H14O4.C13H10O2.C13H16O2.C12H14O2.C11H9ClO4.C11H11ClO2.C11H10O4.C9H8O3/c1-20-12-7-8-13-15(9-12)21-10-14(17(13)19)16(18)11-5-3-2-4-6-11;14-12-7-8-15-13-10-4-2-1-3-9(10)5-6-11(12)13;1-8-5-9(2)12-10(14)7-13(3,4)15-11(12)6-8;1-8-4-5-11-9(6-8)10(13)7-12(2,3)14-11;12-6-1-2-10-8(3-6)9(13)4-7(16-10)5-11(14)15;1-11(2)6-9(13)8-5-7(12)3-4-10(8)14-11;1-7(12)15-10-6-14-9-5-3-2-4-8(9)11(10)13;10-7-5-12-8-4-2-1-3-6(8)9(7)11/h2-9,14H,10H2,1H3;1-6H,7-8H2;5-6H,7H2,1-4H3;4-6H,7H2,1-3H3;1-3,7H,4-5H2,(H,14,15);3-5H,6H2,1-2H3;2-5,10H,6H2,1H3;1-4,7,10H,5H2. The van der Waals surface area contributed by atoms with E-state index in [-0.39, 0.29) is 95.9 Å². The lowest BCUT2D eigenvalue weighted by molar-refractivity contribution is -0.145. The van der Waals surface area contributed by atoms with E-state index in [0.717, 1.165) is 61.4 Å². The Hall–Kier alpha value is -12.8. The van der Waals surface area contributed by atoms with E-state index in [1.807, 2.05) is 135 Å². The second-order valence-electron chi connectivity index (χ2n) is 31.5. The average molecular weight is 1700 g/mol. The van der Waals surface area contributed by atoms with Crippen LogP contribution < -0.4 is 42.6 Å².